The fraction of sp³-hybridized carbons (Fsp3) is 0.429. The topological polar surface area (TPSA) is 131 Å². The van der Waals surface area contributed by atoms with Crippen molar-refractivity contribution in [2.45, 2.75) is 58.7 Å². The average Bonchev–Trinajstić information content (AvgIpc) is 3.05. The van der Waals surface area contributed by atoms with Crippen LogP contribution in [0.2, 0.25) is 5.02 Å². The van der Waals surface area contributed by atoms with Crippen LogP contribution in [0.4, 0.5) is 5.69 Å². The Morgan fingerprint density at radius 3 is 2.42 bits per heavy atom. The normalized spacial score (nSPS) is 12.3. The van der Waals surface area contributed by atoms with Gasteiger partial charge in [0.15, 0.2) is 5.69 Å². The van der Waals surface area contributed by atoms with Gasteiger partial charge >= 0.3 is 0 Å². The van der Waals surface area contributed by atoms with Crippen LogP contribution < -0.4 is 16.8 Å². The van der Waals surface area contributed by atoms with Crippen LogP contribution >= 0.6 is 23.1 Å². The van der Waals surface area contributed by atoms with Crippen molar-refractivity contribution in [3.8, 4) is 0 Å². The average molecular weight is 466 g/mol. The Kier molecular flexibility index (Phi) is 8.02. The Labute approximate surface area is 191 Å². The van der Waals surface area contributed by atoms with Gasteiger partial charge < -0.3 is 21.7 Å². The number of anilines is 1. The molecule has 1 aromatic carbocycles. The summed E-state index contributed by atoms with van der Waals surface area (Å²) in [4.78, 5) is 39.7. The predicted molar refractivity (Wildman–Crippen MR) is 123 cm³/mol. The monoisotopic (exact) mass is 465 g/mol. The van der Waals surface area contributed by atoms with E-state index in [0.29, 0.717) is 23.4 Å². The summed E-state index contributed by atoms with van der Waals surface area (Å²) >= 11 is 7.11. The van der Waals surface area contributed by atoms with Gasteiger partial charge in [0, 0.05) is 17.1 Å². The van der Waals surface area contributed by atoms with Crippen LogP contribution in [0.3, 0.4) is 0 Å². The molecule has 1 aromatic heterocycles. The van der Waals surface area contributed by atoms with E-state index in [1.807, 2.05) is 27.7 Å². The van der Waals surface area contributed by atoms with Gasteiger partial charge in [-0.15, -0.1) is 0 Å². The first kappa shape index (κ1) is 24.6. The van der Waals surface area contributed by atoms with Crippen LogP contribution in [0.15, 0.2) is 24.3 Å². The number of amides is 3. The molecule has 31 heavy (non-hydrogen) atoms. The molecule has 0 bridgehead atoms. The van der Waals surface area contributed by atoms with Crippen molar-refractivity contribution in [3.05, 3.63) is 45.4 Å². The maximum atomic E-state index is 13.5. The molecule has 0 saturated carbocycles. The Bertz CT molecular complexity index is 970. The number of rotatable bonds is 8. The lowest BCUT2D eigenvalue weighted by atomic mass is 10.0. The number of hydrogen-bond donors (Lipinski definition) is 3. The van der Waals surface area contributed by atoms with Gasteiger partial charge in [-0.1, -0.05) is 43.1 Å². The summed E-state index contributed by atoms with van der Waals surface area (Å²) in [7, 11) is 0. The Morgan fingerprint density at radius 1 is 1.26 bits per heavy atom. The summed E-state index contributed by atoms with van der Waals surface area (Å²) < 4.78 is 3.92. The van der Waals surface area contributed by atoms with E-state index in [2.05, 4.69) is 9.69 Å². The SMILES string of the molecule is CCC[C@H](C(=O)NC(C)(C)C)N(Cc1ccccc1Cl)C(=O)c1snc(C(N)=O)c1N. The molecule has 0 fully saturated rings. The van der Waals surface area contributed by atoms with Crippen molar-refractivity contribution in [1.29, 1.82) is 0 Å². The lowest BCUT2D eigenvalue weighted by molar-refractivity contribution is -0.127. The molecule has 168 valence electrons. The van der Waals surface area contributed by atoms with E-state index < -0.39 is 23.4 Å². The van der Waals surface area contributed by atoms with Crippen LogP contribution in [-0.2, 0) is 11.3 Å². The molecular formula is C21H28ClN5O3S. The molecule has 1 atom stereocenters. The largest absolute Gasteiger partial charge is 0.395 e. The molecule has 0 aliphatic rings. The van der Waals surface area contributed by atoms with Crippen molar-refractivity contribution < 1.29 is 14.4 Å². The summed E-state index contributed by atoms with van der Waals surface area (Å²) in [5, 5.41) is 3.42. The summed E-state index contributed by atoms with van der Waals surface area (Å²) in [6.45, 7) is 7.63. The highest BCUT2D eigenvalue weighted by Gasteiger charge is 2.34. The minimum absolute atomic E-state index is 0.0607. The number of nitrogens with one attached hydrogen (secondary N) is 1. The van der Waals surface area contributed by atoms with Gasteiger partial charge in [-0.25, -0.2) is 0 Å². The second-order valence-corrected chi connectivity index (χ2v) is 9.39. The summed E-state index contributed by atoms with van der Waals surface area (Å²) in [6, 6.07) is 6.33. The lowest BCUT2D eigenvalue weighted by Gasteiger charge is -2.33. The molecule has 0 spiro atoms. The zero-order chi connectivity index (χ0) is 23.3. The summed E-state index contributed by atoms with van der Waals surface area (Å²) in [5.41, 5.74) is 11.2. The highest BCUT2D eigenvalue weighted by atomic mass is 35.5. The van der Waals surface area contributed by atoms with Gasteiger partial charge in [0.25, 0.3) is 11.8 Å². The van der Waals surface area contributed by atoms with Gasteiger partial charge in [0.2, 0.25) is 5.91 Å². The Hall–Kier alpha value is -2.65. The summed E-state index contributed by atoms with van der Waals surface area (Å²) in [6.07, 6.45) is 1.10. The first-order valence-electron chi connectivity index (χ1n) is 9.87. The lowest BCUT2D eigenvalue weighted by Crippen LogP contribution is -2.53. The van der Waals surface area contributed by atoms with Gasteiger partial charge in [-0.3, -0.25) is 14.4 Å². The molecule has 8 nitrogen and oxygen atoms in total. The van der Waals surface area contributed by atoms with Crippen LogP contribution in [-0.4, -0.2) is 38.6 Å². The minimum Gasteiger partial charge on any atom is -0.395 e. The molecule has 2 rings (SSSR count). The highest BCUT2D eigenvalue weighted by Crippen LogP contribution is 2.27. The van der Waals surface area contributed by atoms with Crippen molar-refractivity contribution in [2.24, 2.45) is 5.73 Å². The quantitative estimate of drug-likeness (QED) is 0.550. The standard InChI is InChI=1S/C21H28ClN5O3S/c1-5-8-14(19(29)25-21(2,3)4)27(11-12-9-6-7-10-13(12)22)20(30)17-15(23)16(18(24)28)26-31-17/h6-7,9-10,14H,5,8,11,23H2,1-4H3,(H2,24,28)(H,25,29)/t14-/m1/s1. The van der Waals surface area contributed by atoms with Gasteiger partial charge in [-0.05, 0) is 50.4 Å². The third-order valence-electron chi connectivity index (χ3n) is 4.45. The van der Waals surface area contributed by atoms with E-state index in [0.717, 1.165) is 11.5 Å². The number of halogens is 1. The second kappa shape index (κ2) is 10.1. The van der Waals surface area contributed by atoms with E-state index in [4.69, 9.17) is 23.1 Å². The number of hydrogen-bond acceptors (Lipinski definition) is 6. The molecule has 2 aromatic rings. The molecule has 1 heterocycles. The molecular weight excluding hydrogens is 438 g/mol. The van der Waals surface area contributed by atoms with Crippen molar-refractivity contribution in [1.82, 2.24) is 14.6 Å². The van der Waals surface area contributed by atoms with Crippen LogP contribution in [0.1, 0.15) is 66.3 Å². The molecule has 5 N–H and O–H groups in total. The van der Waals surface area contributed by atoms with Crippen molar-refractivity contribution in [3.63, 3.8) is 0 Å². The number of nitrogens with zero attached hydrogens (tertiary/aromatic N) is 2. The fourth-order valence-electron chi connectivity index (χ4n) is 3.05. The maximum Gasteiger partial charge on any atom is 0.270 e. The highest BCUT2D eigenvalue weighted by molar-refractivity contribution is 7.09. The smallest absolute Gasteiger partial charge is 0.270 e. The van der Waals surface area contributed by atoms with Crippen molar-refractivity contribution >= 4 is 46.5 Å². The van der Waals surface area contributed by atoms with Crippen molar-refractivity contribution in [2.75, 3.05) is 5.73 Å². The zero-order valence-electron chi connectivity index (χ0n) is 18.1. The summed E-state index contributed by atoms with van der Waals surface area (Å²) in [5.74, 6) is -1.61. The first-order chi connectivity index (χ1) is 14.5. The van der Waals surface area contributed by atoms with Crippen LogP contribution in [0.5, 0.6) is 0 Å². The van der Waals surface area contributed by atoms with E-state index in [1.54, 1.807) is 24.3 Å². The number of benzene rings is 1. The molecule has 0 saturated heterocycles. The molecule has 0 unspecified atom stereocenters. The predicted octanol–water partition coefficient (Wildman–Crippen LogP) is 3.20. The zero-order valence-corrected chi connectivity index (χ0v) is 19.6. The van der Waals surface area contributed by atoms with Gasteiger partial charge in [0.05, 0.1) is 5.69 Å². The molecule has 0 aliphatic carbocycles. The second-order valence-electron chi connectivity index (χ2n) is 8.21. The Morgan fingerprint density at radius 2 is 1.90 bits per heavy atom. The number of carbonyl (C=O) groups excluding carboxylic acids is 3. The van der Waals surface area contributed by atoms with E-state index in [-0.39, 0.29) is 28.7 Å². The van der Waals surface area contributed by atoms with Gasteiger partial charge in [0.1, 0.15) is 10.9 Å². The van der Waals surface area contributed by atoms with E-state index in [9.17, 15) is 14.4 Å². The molecule has 10 heteroatoms. The third kappa shape index (κ3) is 6.18. The number of nitrogens with two attached hydrogens (primary N) is 2. The number of carbonyl (C=O) groups is 3. The van der Waals surface area contributed by atoms with Crippen LogP contribution in [0, 0.1) is 0 Å². The Balaban J connectivity index is 2.52. The number of primary amides is 1. The molecule has 0 radical (unpaired) electrons. The third-order valence-corrected chi connectivity index (χ3v) is 5.67. The maximum absolute atomic E-state index is 13.5. The van der Waals surface area contributed by atoms with E-state index in [1.165, 1.54) is 4.90 Å². The number of nitrogen functional groups attached to an aromatic ring is 1. The van der Waals surface area contributed by atoms with Crippen LogP contribution in [0.25, 0.3) is 0 Å². The molecule has 3 amide bonds. The first-order valence-corrected chi connectivity index (χ1v) is 11.0. The fourth-order valence-corrected chi connectivity index (χ4v) is 4.00. The molecule has 0 aliphatic heterocycles. The van der Waals surface area contributed by atoms with E-state index >= 15 is 0 Å². The minimum atomic E-state index is -0.818. The van der Waals surface area contributed by atoms with Gasteiger partial charge in [-0.2, -0.15) is 4.37 Å². The number of aromatic nitrogens is 1.